The number of rotatable bonds is 35. The van der Waals surface area contributed by atoms with E-state index in [1.807, 2.05) is 0 Å². The summed E-state index contributed by atoms with van der Waals surface area (Å²) in [6, 6.07) is 0. The lowest BCUT2D eigenvalue weighted by atomic mass is 9.63. The number of hydrogen-bond donors (Lipinski definition) is 0. The number of carbonyl (C=O) groups is 2. The predicted octanol–water partition coefficient (Wildman–Crippen LogP) is 19.5. The lowest BCUT2D eigenvalue weighted by Crippen LogP contribution is -2.47. The third-order valence-electron chi connectivity index (χ3n) is 16.7. The quantitative estimate of drug-likeness (QED) is 0.0207. The number of allylic oxidation sites excluding steroid dienone is 14. The van der Waals surface area contributed by atoms with Crippen LogP contribution < -0.4 is 0 Å². The Morgan fingerprint density at radius 3 is 1.42 bits per heavy atom. The van der Waals surface area contributed by atoms with Gasteiger partial charge in [0.2, 0.25) is 0 Å². The van der Waals surface area contributed by atoms with Gasteiger partial charge in [-0.2, -0.15) is 0 Å². The monoisotopic (exact) mass is 1020 g/mol. The number of ether oxygens (including phenoxy) is 4. The molecular weight excluding hydrogens is 913 g/mol. The molecule has 6 unspecified atom stereocenters. The zero-order chi connectivity index (χ0) is 54.1. The molecule has 6 atom stereocenters. The second kappa shape index (κ2) is 31.7. The average Bonchev–Trinajstić information content (AvgIpc) is 3.80. The van der Waals surface area contributed by atoms with Crippen LogP contribution in [0.1, 0.15) is 263 Å². The summed E-state index contributed by atoms with van der Waals surface area (Å²) in [5, 5.41) is 0. The number of unbranched alkanes of at least 4 members (excludes halogenated alkanes) is 20. The first-order valence-electron chi connectivity index (χ1n) is 30.2. The lowest BCUT2D eigenvalue weighted by Gasteiger charge is -2.45. The van der Waals surface area contributed by atoms with Crippen LogP contribution in [0.5, 0.6) is 0 Å². The molecule has 4 rings (SSSR count). The largest absolute Gasteiger partial charge is 0.462 e. The molecule has 2 aliphatic carbocycles. The predicted molar refractivity (Wildman–Crippen MR) is 313 cm³/mol. The summed E-state index contributed by atoms with van der Waals surface area (Å²) in [7, 11) is 0. The summed E-state index contributed by atoms with van der Waals surface area (Å²) in [6.07, 6.45) is 59.7. The van der Waals surface area contributed by atoms with E-state index in [1.54, 1.807) is 0 Å². The SMILES string of the molecule is CCCCCCCCCCCCCC(=O)OC1CC(C)(C)C2=CC(/C(C)=C/C=C/C(C)=C/C=C/C=C(C)/C=C/C=C(C)/C=C/C34OC3(C)CC(OC(=O)CCCCCCCCCCCCC)CC4(C)C)OC2(C)C1. The Labute approximate surface area is 454 Å². The molecule has 0 aromatic carbocycles. The molecule has 6 nitrogen and oxygen atoms in total. The minimum atomic E-state index is -0.447. The zero-order valence-electron chi connectivity index (χ0n) is 49.5. The Hall–Kier alpha value is -3.48. The van der Waals surface area contributed by atoms with Crippen LogP contribution in [-0.4, -0.2) is 47.1 Å². The minimum Gasteiger partial charge on any atom is -0.462 e. The minimum absolute atomic E-state index is 0.0518. The van der Waals surface area contributed by atoms with Gasteiger partial charge in [-0.1, -0.05) is 254 Å². The van der Waals surface area contributed by atoms with Crippen LogP contribution in [-0.2, 0) is 28.5 Å². The molecule has 4 aliphatic rings. The van der Waals surface area contributed by atoms with Crippen molar-refractivity contribution in [1.82, 2.24) is 0 Å². The summed E-state index contributed by atoms with van der Waals surface area (Å²) in [4.78, 5) is 25.8. The number of hydrogen-bond acceptors (Lipinski definition) is 6. The van der Waals surface area contributed by atoms with Crippen molar-refractivity contribution in [2.75, 3.05) is 0 Å². The Bertz CT molecular complexity index is 2020. The maximum absolute atomic E-state index is 12.9. The van der Waals surface area contributed by atoms with Gasteiger partial charge in [-0.3, -0.25) is 9.59 Å². The Morgan fingerprint density at radius 1 is 0.527 bits per heavy atom. The molecule has 416 valence electrons. The molecule has 3 fully saturated rings. The van der Waals surface area contributed by atoms with Crippen molar-refractivity contribution in [2.24, 2.45) is 10.8 Å². The van der Waals surface area contributed by atoms with Crippen molar-refractivity contribution >= 4 is 11.9 Å². The highest BCUT2D eigenvalue weighted by atomic mass is 16.6. The van der Waals surface area contributed by atoms with Crippen LogP contribution in [0.15, 0.2) is 107 Å². The Kier molecular flexibility index (Phi) is 27.0. The van der Waals surface area contributed by atoms with Crippen LogP contribution in [0.2, 0.25) is 0 Å². The maximum Gasteiger partial charge on any atom is 0.306 e. The van der Waals surface area contributed by atoms with Crippen LogP contribution >= 0.6 is 0 Å². The van der Waals surface area contributed by atoms with Gasteiger partial charge in [0.1, 0.15) is 23.4 Å². The van der Waals surface area contributed by atoms with Crippen molar-refractivity contribution in [1.29, 1.82) is 0 Å². The van der Waals surface area contributed by atoms with Crippen molar-refractivity contribution < 1.29 is 28.5 Å². The molecule has 2 heterocycles. The summed E-state index contributed by atoms with van der Waals surface area (Å²) in [5.74, 6) is -0.108. The van der Waals surface area contributed by atoms with Crippen molar-refractivity contribution in [3.8, 4) is 0 Å². The fourth-order valence-corrected chi connectivity index (χ4v) is 12.4. The van der Waals surface area contributed by atoms with E-state index >= 15 is 0 Å². The summed E-state index contributed by atoms with van der Waals surface area (Å²) >= 11 is 0. The van der Waals surface area contributed by atoms with Crippen LogP contribution in [0.4, 0.5) is 0 Å². The molecule has 0 bridgehead atoms. The van der Waals surface area contributed by atoms with Gasteiger partial charge in [0.25, 0.3) is 0 Å². The number of esters is 2. The normalized spacial score (nSPS) is 27.1. The molecule has 0 N–H and O–H groups in total. The van der Waals surface area contributed by atoms with E-state index < -0.39 is 5.60 Å². The fraction of sp³-hybridized carbons (Fsp3) is 0.706. The standard InChI is InChI=1S/C68H108O6/c1-13-15-17-19-21-23-25-27-29-31-33-45-62(69)71-58-50-64(7,8)61-49-60(73-66(61,11)52-58)57(6)44-38-43-55(4)40-36-35-39-54(3)41-37-42-56(5)47-48-68-65(9,10)51-59(53-67(68,12)74-68)72-63(70)46-34-32-30-28-26-24-22-20-18-16-14-2/h35-44,47-49,58-60H,13-34,45-46,50-53H2,1-12H3/b36-35+,41-37+,43-38+,48-47+,54-39+,55-40+,56-42+,57-44+. The van der Waals surface area contributed by atoms with Crippen LogP contribution in [0, 0.1) is 10.8 Å². The summed E-state index contributed by atoms with van der Waals surface area (Å²) in [5.41, 5.74) is 4.56. The number of fused-ring (bicyclic) bond motifs is 2. The van der Waals surface area contributed by atoms with E-state index in [0.29, 0.717) is 19.3 Å². The van der Waals surface area contributed by atoms with Crippen molar-refractivity contribution in [3.05, 3.63) is 107 Å². The molecule has 0 radical (unpaired) electrons. The van der Waals surface area contributed by atoms with Gasteiger partial charge in [0.15, 0.2) is 0 Å². The first kappa shape index (κ1) is 63.1. The Balaban J connectivity index is 1.14. The lowest BCUT2D eigenvalue weighted by molar-refractivity contribution is -0.157. The number of carbonyl (C=O) groups excluding carboxylic acids is 2. The fourth-order valence-electron chi connectivity index (χ4n) is 12.4. The van der Waals surface area contributed by atoms with E-state index in [2.05, 4.69) is 162 Å². The van der Waals surface area contributed by atoms with Gasteiger partial charge in [0, 0.05) is 31.1 Å². The van der Waals surface area contributed by atoms with Crippen molar-refractivity contribution in [3.63, 3.8) is 0 Å². The van der Waals surface area contributed by atoms with Crippen LogP contribution in [0.3, 0.4) is 0 Å². The molecule has 6 heteroatoms. The van der Waals surface area contributed by atoms with Crippen LogP contribution in [0.25, 0.3) is 0 Å². The topological polar surface area (TPSA) is 74.4 Å². The highest BCUT2D eigenvalue weighted by molar-refractivity contribution is 5.70. The molecule has 74 heavy (non-hydrogen) atoms. The summed E-state index contributed by atoms with van der Waals surface area (Å²) < 4.78 is 25.5. The first-order chi connectivity index (χ1) is 35.3. The van der Waals surface area contributed by atoms with Gasteiger partial charge < -0.3 is 18.9 Å². The maximum atomic E-state index is 12.9. The molecule has 0 amide bonds. The van der Waals surface area contributed by atoms with E-state index in [0.717, 1.165) is 67.2 Å². The second-order valence-electron chi connectivity index (χ2n) is 24.9. The molecule has 0 aromatic rings. The van der Waals surface area contributed by atoms with Gasteiger partial charge in [-0.25, -0.2) is 0 Å². The van der Waals surface area contributed by atoms with E-state index in [9.17, 15) is 9.59 Å². The van der Waals surface area contributed by atoms with E-state index in [-0.39, 0.29) is 52.3 Å². The van der Waals surface area contributed by atoms with Gasteiger partial charge in [-0.05, 0) is 95.9 Å². The number of epoxide rings is 1. The molecule has 0 aromatic heterocycles. The second-order valence-corrected chi connectivity index (χ2v) is 24.9. The van der Waals surface area contributed by atoms with Gasteiger partial charge in [0.05, 0.1) is 11.7 Å². The third-order valence-corrected chi connectivity index (χ3v) is 16.7. The highest BCUT2D eigenvalue weighted by Crippen LogP contribution is 2.66. The molecule has 0 spiro atoms. The van der Waals surface area contributed by atoms with Crippen molar-refractivity contribution in [2.45, 2.75) is 298 Å². The summed E-state index contributed by atoms with van der Waals surface area (Å²) in [6.45, 7) is 26.5. The zero-order valence-corrected chi connectivity index (χ0v) is 49.5. The average molecular weight is 1020 g/mol. The highest BCUT2D eigenvalue weighted by Gasteiger charge is 2.75. The molecular formula is C68H108O6. The Morgan fingerprint density at radius 2 is 0.946 bits per heavy atom. The smallest absolute Gasteiger partial charge is 0.306 e. The molecule has 2 aliphatic heterocycles. The molecule has 2 saturated carbocycles. The first-order valence-corrected chi connectivity index (χ1v) is 30.2. The molecule has 1 saturated heterocycles. The van der Waals surface area contributed by atoms with E-state index in [4.69, 9.17) is 18.9 Å². The third kappa shape index (κ3) is 20.8. The van der Waals surface area contributed by atoms with Gasteiger partial charge >= 0.3 is 11.9 Å². The van der Waals surface area contributed by atoms with E-state index in [1.165, 1.54) is 121 Å². The van der Waals surface area contributed by atoms with Gasteiger partial charge in [-0.15, -0.1) is 0 Å².